The maximum atomic E-state index is 11.5. The van der Waals surface area contributed by atoms with Crippen LogP contribution < -0.4 is 5.73 Å². The van der Waals surface area contributed by atoms with Crippen LogP contribution in [-0.2, 0) is 14.3 Å². The number of nitrogens with two attached hydrogens (primary N) is 1. The largest absolute Gasteiger partial charge is 0.462 e. The lowest BCUT2D eigenvalue weighted by Crippen LogP contribution is -2.38. The Balaban J connectivity index is 3.69. The average molecular weight is 197 g/mol. The topological polar surface area (TPSA) is 61.5 Å². The summed E-state index contributed by atoms with van der Waals surface area (Å²) in [5.74, 6) is -0.740. The minimum absolute atomic E-state index is 0.315. The molecule has 0 amide bonds. The molecule has 78 valence electrons. The zero-order valence-corrected chi connectivity index (χ0v) is 7.50. The van der Waals surface area contributed by atoms with Gasteiger partial charge < -0.3 is 15.2 Å². The zero-order valence-electron chi connectivity index (χ0n) is 7.50. The molecule has 0 aromatic rings. The van der Waals surface area contributed by atoms with Crippen LogP contribution in [0.15, 0.2) is 0 Å². The number of esters is 1. The van der Waals surface area contributed by atoms with Crippen molar-refractivity contribution in [3.63, 3.8) is 0 Å². The summed E-state index contributed by atoms with van der Waals surface area (Å²) < 4.78 is 31.5. The predicted octanol–water partition coefficient (Wildman–Crippen LogP) is 0.505. The first-order chi connectivity index (χ1) is 5.93. The van der Waals surface area contributed by atoms with Crippen LogP contribution >= 0.6 is 0 Å². The molecule has 1 atom stereocenters. The first kappa shape index (κ1) is 12.2. The highest BCUT2D eigenvalue weighted by atomic mass is 19.3. The molecule has 0 aliphatic rings. The lowest BCUT2D eigenvalue weighted by Gasteiger charge is -2.13. The zero-order chi connectivity index (χ0) is 10.4. The summed E-state index contributed by atoms with van der Waals surface area (Å²) in [6, 6.07) is -1.16. The van der Waals surface area contributed by atoms with Gasteiger partial charge in [0.1, 0.15) is 6.04 Å². The normalized spacial score (nSPS) is 13.5. The fraction of sp³-hybridized carbons (Fsp3) is 0.857. The maximum absolute atomic E-state index is 11.5. The molecule has 0 aromatic carbocycles. The molecule has 0 aromatic heterocycles. The minimum Gasteiger partial charge on any atom is -0.462 e. The van der Waals surface area contributed by atoms with Gasteiger partial charge in [0.2, 0.25) is 0 Å². The van der Waals surface area contributed by atoms with Gasteiger partial charge >= 0.3 is 12.6 Å². The van der Waals surface area contributed by atoms with Crippen LogP contribution in [0.2, 0.25) is 0 Å². The van der Waals surface area contributed by atoms with Gasteiger partial charge in [-0.2, -0.15) is 8.78 Å². The first-order valence-electron chi connectivity index (χ1n) is 3.79. The van der Waals surface area contributed by atoms with Crippen molar-refractivity contribution in [2.75, 3.05) is 6.61 Å². The highest BCUT2D eigenvalue weighted by Crippen LogP contribution is 1.98. The molecule has 0 saturated heterocycles. The fourth-order valence-corrected chi connectivity index (χ4v) is 0.564. The third kappa shape index (κ3) is 6.41. The number of carbonyl (C=O) groups excluding carboxylic acids is 1. The van der Waals surface area contributed by atoms with Crippen molar-refractivity contribution >= 4 is 5.97 Å². The van der Waals surface area contributed by atoms with E-state index in [0.29, 0.717) is 0 Å². The van der Waals surface area contributed by atoms with Crippen molar-refractivity contribution < 1.29 is 23.0 Å². The molecule has 0 heterocycles. The lowest BCUT2D eigenvalue weighted by molar-refractivity contribution is -0.159. The van der Waals surface area contributed by atoms with Gasteiger partial charge in [-0.05, 0) is 13.8 Å². The smallest absolute Gasteiger partial charge is 0.345 e. The second-order valence-electron chi connectivity index (χ2n) is 2.69. The van der Waals surface area contributed by atoms with Gasteiger partial charge in [-0.3, -0.25) is 4.79 Å². The maximum Gasteiger partial charge on any atom is 0.345 e. The Labute approximate surface area is 75.0 Å². The van der Waals surface area contributed by atoms with Crippen molar-refractivity contribution in [2.45, 2.75) is 32.6 Å². The molecule has 0 radical (unpaired) electrons. The van der Waals surface area contributed by atoms with E-state index in [0.717, 1.165) is 0 Å². The van der Waals surface area contributed by atoms with Crippen LogP contribution in [0.1, 0.15) is 13.8 Å². The highest BCUT2D eigenvalue weighted by molar-refractivity contribution is 5.75. The summed E-state index contributed by atoms with van der Waals surface area (Å²) in [5.41, 5.74) is 5.18. The number of ether oxygens (including phenoxy) is 2. The average Bonchev–Trinajstić information content (AvgIpc) is 1.98. The van der Waals surface area contributed by atoms with Crippen LogP contribution in [-0.4, -0.2) is 31.3 Å². The Bertz CT molecular complexity index is 164. The van der Waals surface area contributed by atoms with E-state index in [4.69, 9.17) is 5.73 Å². The highest BCUT2D eigenvalue weighted by Gasteiger charge is 2.18. The van der Waals surface area contributed by atoms with Crippen molar-refractivity contribution in [1.29, 1.82) is 0 Å². The van der Waals surface area contributed by atoms with Crippen LogP contribution in [0, 0.1) is 0 Å². The van der Waals surface area contributed by atoms with Gasteiger partial charge in [-0.15, -0.1) is 0 Å². The molecule has 0 bridgehead atoms. The van der Waals surface area contributed by atoms with Gasteiger partial charge in [0, 0.05) is 0 Å². The molecule has 0 aliphatic heterocycles. The van der Waals surface area contributed by atoms with E-state index in [1.165, 1.54) is 0 Å². The Morgan fingerprint density at radius 2 is 2.00 bits per heavy atom. The quantitative estimate of drug-likeness (QED) is 0.652. The summed E-state index contributed by atoms with van der Waals surface area (Å²) in [5, 5.41) is 0. The van der Waals surface area contributed by atoms with E-state index in [1.54, 1.807) is 13.8 Å². The number of hydrogen-bond acceptors (Lipinski definition) is 4. The van der Waals surface area contributed by atoms with E-state index in [-0.39, 0.29) is 6.10 Å². The Morgan fingerprint density at radius 3 is 2.38 bits per heavy atom. The summed E-state index contributed by atoms with van der Waals surface area (Å²) in [4.78, 5) is 10.9. The molecular formula is C7H13F2NO3. The lowest BCUT2D eigenvalue weighted by atomic mass is 10.3. The number of carbonyl (C=O) groups is 1. The van der Waals surface area contributed by atoms with Gasteiger partial charge in [0.05, 0.1) is 12.7 Å². The second kappa shape index (κ2) is 5.82. The monoisotopic (exact) mass is 197 g/mol. The van der Waals surface area contributed by atoms with E-state index in [9.17, 15) is 13.6 Å². The van der Waals surface area contributed by atoms with Crippen LogP contribution in [0.4, 0.5) is 8.78 Å². The van der Waals surface area contributed by atoms with Crippen molar-refractivity contribution in [1.82, 2.24) is 0 Å². The Hall–Kier alpha value is -0.750. The SMILES string of the molecule is CC(C)OC(=O)C(N)COC(F)F. The molecule has 2 N–H and O–H groups in total. The van der Waals surface area contributed by atoms with Gasteiger partial charge in [-0.25, -0.2) is 0 Å². The third-order valence-electron chi connectivity index (χ3n) is 1.06. The van der Waals surface area contributed by atoms with E-state index >= 15 is 0 Å². The van der Waals surface area contributed by atoms with Gasteiger partial charge in [-0.1, -0.05) is 0 Å². The molecule has 13 heavy (non-hydrogen) atoms. The second-order valence-corrected chi connectivity index (χ2v) is 2.69. The van der Waals surface area contributed by atoms with Crippen LogP contribution in [0.25, 0.3) is 0 Å². The summed E-state index contributed by atoms with van der Waals surface area (Å²) in [6.07, 6.45) is -0.315. The van der Waals surface area contributed by atoms with Gasteiger partial charge in [0.25, 0.3) is 0 Å². The Kier molecular flexibility index (Phi) is 5.48. The van der Waals surface area contributed by atoms with E-state index < -0.39 is 25.2 Å². The summed E-state index contributed by atoms with van der Waals surface area (Å²) in [7, 11) is 0. The molecular weight excluding hydrogens is 184 g/mol. The van der Waals surface area contributed by atoms with E-state index in [1.807, 2.05) is 0 Å². The number of rotatable bonds is 5. The van der Waals surface area contributed by atoms with Gasteiger partial charge in [0.15, 0.2) is 0 Å². The van der Waals surface area contributed by atoms with Crippen molar-refractivity contribution in [2.24, 2.45) is 5.73 Å². The molecule has 0 rings (SSSR count). The number of alkyl halides is 2. The van der Waals surface area contributed by atoms with Crippen molar-refractivity contribution in [3.8, 4) is 0 Å². The number of hydrogen-bond donors (Lipinski definition) is 1. The first-order valence-corrected chi connectivity index (χ1v) is 3.79. The molecule has 1 unspecified atom stereocenters. The Morgan fingerprint density at radius 1 is 1.46 bits per heavy atom. The molecule has 6 heteroatoms. The molecule has 0 fully saturated rings. The summed E-state index contributed by atoms with van der Waals surface area (Å²) >= 11 is 0. The molecule has 4 nitrogen and oxygen atoms in total. The number of halogens is 2. The van der Waals surface area contributed by atoms with Crippen molar-refractivity contribution in [3.05, 3.63) is 0 Å². The fourth-order valence-electron chi connectivity index (χ4n) is 0.564. The molecule has 0 aliphatic carbocycles. The third-order valence-corrected chi connectivity index (χ3v) is 1.06. The minimum atomic E-state index is -2.92. The molecule has 0 saturated carbocycles. The van der Waals surface area contributed by atoms with E-state index in [2.05, 4.69) is 9.47 Å². The van der Waals surface area contributed by atoms with Crippen LogP contribution in [0.3, 0.4) is 0 Å². The van der Waals surface area contributed by atoms with Crippen LogP contribution in [0.5, 0.6) is 0 Å². The predicted molar refractivity (Wildman–Crippen MR) is 41.2 cm³/mol. The summed E-state index contributed by atoms with van der Waals surface area (Å²) in [6.45, 7) is -0.182. The standard InChI is InChI=1S/C7H13F2NO3/c1-4(2)13-6(11)5(10)3-12-7(8)9/h4-5,7H,3,10H2,1-2H3. The molecule has 0 spiro atoms.